The molecule has 74 valence electrons. The summed E-state index contributed by atoms with van der Waals surface area (Å²) in [6.07, 6.45) is -4.45. The highest BCUT2D eigenvalue weighted by molar-refractivity contribution is 7.80. The van der Waals surface area contributed by atoms with Gasteiger partial charge >= 0.3 is 6.18 Å². The highest BCUT2D eigenvalue weighted by Gasteiger charge is 2.34. The van der Waals surface area contributed by atoms with Gasteiger partial charge in [0.1, 0.15) is 5.44 Å². The maximum absolute atomic E-state index is 12.0. The first-order valence-electron chi connectivity index (χ1n) is 3.37. The average molecular weight is 212 g/mol. The molecule has 0 bridgehead atoms. The Morgan fingerprint density at radius 2 is 2.23 bits per heavy atom. The summed E-state index contributed by atoms with van der Waals surface area (Å²) in [4.78, 5) is 0. The number of hydrogen-bond acceptors (Lipinski definition) is 3. The number of aromatic nitrogens is 2. The zero-order valence-corrected chi connectivity index (χ0v) is 7.49. The van der Waals surface area contributed by atoms with E-state index in [9.17, 15) is 13.2 Å². The summed E-state index contributed by atoms with van der Waals surface area (Å²) >= 11 is 3.84. The van der Waals surface area contributed by atoms with Crippen molar-refractivity contribution in [1.29, 1.82) is 0 Å². The van der Waals surface area contributed by atoms with Gasteiger partial charge in [-0.15, -0.1) is 12.6 Å². The van der Waals surface area contributed by atoms with Gasteiger partial charge in [0.25, 0.3) is 0 Å². The normalized spacial score (nSPS) is 14.2. The molecular formula is C6H7F3N2OS. The van der Waals surface area contributed by atoms with Crippen molar-refractivity contribution in [1.82, 2.24) is 10.2 Å². The van der Waals surface area contributed by atoms with Crippen LogP contribution in [0.5, 0.6) is 5.88 Å². The molecule has 1 atom stereocenters. The van der Waals surface area contributed by atoms with Crippen LogP contribution in [-0.4, -0.2) is 15.6 Å². The van der Waals surface area contributed by atoms with Gasteiger partial charge in [0.2, 0.25) is 5.88 Å². The molecule has 0 aromatic carbocycles. The largest absolute Gasteiger partial charge is 0.464 e. The highest BCUT2D eigenvalue weighted by Crippen LogP contribution is 2.29. The minimum absolute atomic E-state index is 0.0465. The lowest BCUT2D eigenvalue weighted by atomic mass is 10.4. The Balaban J connectivity index is 2.75. The molecule has 13 heavy (non-hydrogen) atoms. The van der Waals surface area contributed by atoms with Gasteiger partial charge in [-0.25, -0.2) is 5.10 Å². The lowest BCUT2D eigenvalue weighted by Gasteiger charge is -2.04. The molecule has 0 aliphatic rings. The molecule has 1 heterocycles. The van der Waals surface area contributed by atoms with Crippen molar-refractivity contribution in [2.24, 2.45) is 0 Å². The summed E-state index contributed by atoms with van der Waals surface area (Å²) < 4.78 is 40.8. The maximum Gasteiger partial charge on any atom is 0.435 e. The first kappa shape index (κ1) is 10.2. The SMILES string of the molecule is CC(S)Oc1cc(C(F)(F)F)n[nH]1. The van der Waals surface area contributed by atoms with Gasteiger partial charge in [0.05, 0.1) is 0 Å². The Morgan fingerprint density at radius 3 is 2.62 bits per heavy atom. The quantitative estimate of drug-likeness (QED) is 0.581. The molecule has 0 fully saturated rings. The Labute approximate surface area is 77.7 Å². The number of aromatic amines is 1. The van der Waals surface area contributed by atoms with Gasteiger partial charge in [-0.05, 0) is 6.92 Å². The minimum Gasteiger partial charge on any atom is -0.464 e. The van der Waals surface area contributed by atoms with Gasteiger partial charge in [0.15, 0.2) is 5.69 Å². The number of H-pyrrole nitrogens is 1. The molecule has 0 amide bonds. The molecular weight excluding hydrogens is 205 g/mol. The van der Waals surface area contributed by atoms with Crippen LogP contribution in [0.2, 0.25) is 0 Å². The van der Waals surface area contributed by atoms with Crippen molar-refractivity contribution >= 4 is 12.6 Å². The van der Waals surface area contributed by atoms with E-state index in [0.29, 0.717) is 0 Å². The fraction of sp³-hybridized carbons (Fsp3) is 0.500. The summed E-state index contributed by atoms with van der Waals surface area (Å²) in [6.45, 7) is 1.58. The van der Waals surface area contributed by atoms with E-state index in [4.69, 9.17) is 4.74 Å². The molecule has 1 unspecified atom stereocenters. The highest BCUT2D eigenvalue weighted by atomic mass is 32.1. The predicted molar refractivity (Wildman–Crippen MR) is 42.7 cm³/mol. The van der Waals surface area contributed by atoms with Crippen molar-refractivity contribution in [3.05, 3.63) is 11.8 Å². The van der Waals surface area contributed by atoms with Gasteiger partial charge in [-0.3, -0.25) is 0 Å². The molecule has 0 spiro atoms. The molecule has 1 aromatic heterocycles. The monoisotopic (exact) mass is 212 g/mol. The molecule has 0 radical (unpaired) electrons. The number of nitrogens with zero attached hydrogens (tertiary/aromatic N) is 1. The molecule has 0 aliphatic carbocycles. The van der Waals surface area contributed by atoms with Crippen LogP contribution in [0.15, 0.2) is 6.07 Å². The Kier molecular flexibility index (Phi) is 2.74. The second kappa shape index (κ2) is 3.49. The zero-order valence-electron chi connectivity index (χ0n) is 6.59. The van der Waals surface area contributed by atoms with Crippen LogP contribution in [0.25, 0.3) is 0 Å². The molecule has 0 aliphatic heterocycles. The maximum atomic E-state index is 12.0. The first-order valence-corrected chi connectivity index (χ1v) is 3.88. The lowest BCUT2D eigenvalue weighted by molar-refractivity contribution is -0.141. The van der Waals surface area contributed by atoms with Crippen LogP contribution in [-0.2, 0) is 6.18 Å². The summed E-state index contributed by atoms with van der Waals surface area (Å²) in [6, 6.07) is 0.784. The summed E-state index contributed by atoms with van der Waals surface area (Å²) in [5, 5.41) is 5.13. The van der Waals surface area contributed by atoms with Gasteiger partial charge in [0, 0.05) is 6.07 Å². The van der Waals surface area contributed by atoms with Crippen LogP contribution in [0, 0.1) is 0 Å². The van der Waals surface area contributed by atoms with Crippen molar-refractivity contribution in [2.45, 2.75) is 18.5 Å². The molecule has 3 nitrogen and oxygen atoms in total. The number of alkyl halides is 3. The summed E-state index contributed by atoms with van der Waals surface area (Å²) in [7, 11) is 0. The third kappa shape index (κ3) is 2.83. The number of halogens is 3. The van der Waals surface area contributed by atoms with E-state index in [2.05, 4.69) is 22.8 Å². The van der Waals surface area contributed by atoms with Gasteiger partial charge < -0.3 is 4.74 Å². The second-order valence-corrected chi connectivity index (χ2v) is 3.06. The van der Waals surface area contributed by atoms with E-state index in [1.165, 1.54) is 0 Å². The van der Waals surface area contributed by atoms with Crippen LogP contribution in [0.3, 0.4) is 0 Å². The number of rotatable bonds is 2. The Hall–Kier alpha value is -0.850. The summed E-state index contributed by atoms with van der Waals surface area (Å²) in [5.74, 6) is -0.0465. The third-order valence-corrected chi connectivity index (χ3v) is 1.25. The van der Waals surface area contributed by atoms with E-state index in [-0.39, 0.29) is 5.88 Å². The minimum atomic E-state index is -4.45. The second-order valence-electron chi connectivity index (χ2n) is 2.33. The van der Waals surface area contributed by atoms with Crippen LogP contribution in [0.1, 0.15) is 12.6 Å². The molecule has 0 saturated heterocycles. The number of hydrogen-bond donors (Lipinski definition) is 2. The number of thiol groups is 1. The van der Waals surface area contributed by atoms with E-state index in [1.54, 1.807) is 6.92 Å². The van der Waals surface area contributed by atoms with Crippen molar-refractivity contribution in [2.75, 3.05) is 0 Å². The molecule has 0 saturated carbocycles. The van der Waals surface area contributed by atoms with E-state index >= 15 is 0 Å². The number of ether oxygens (including phenoxy) is 1. The first-order chi connectivity index (χ1) is 5.89. The Morgan fingerprint density at radius 1 is 1.62 bits per heavy atom. The smallest absolute Gasteiger partial charge is 0.435 e. The third-order valence-electron chi connectivity index (χ3n) is 1.14. The van der Waals surface area contributed by atoms with Gasteiger partial charge in [-0.2, -0.15) is 18.3 Å². The summed E-state index contributed by atoms with van der Waals surface area (Å²) in [5.41, 5.74) is -1.49. The topological polar surface area (TPSA) is 37.9 Å². The van der Waals surface area contributed by atoms with Crippen LogP contribution >= 0.6 is 12.6 Å². The fourth-order valence-electron chi connectivity index (χ4n) is 0.693. The predicted octanol–water partition coefficient (Wildman–Crippen LogP) is 2.08. The lowest BCUT2D eigenvalue weighted by Crippen LogP contribution is -2.05. The molecule has 1 aromatic rings. The Bertz CT molecular complexity index is 284. The molecule has 7 heteroatoms. The van der Waals surface area contributed by atoms with Crippen molar-refractivity contribution in [3.63, 3.8) is 0 Å². The van der Waals surface area contributed by atoms with Crippen molar-refractivity contribution in [3.8, 4) is 5.88 Å². The number of nitrogens with one attached hydrogen (secondary N) is 1. The van der Waals surface area contributed by atoms with Crippen LogP contribution < -0.4 is 4.74 Å². The van der Waals surface area contributed by atoms with E-state index in [1.807, 2.05) is 0 Å². The van der Waals surface area contributed by atoms with E-state index < -0.39 is 17.3 Å². The van der Waals surface area contributed by atoms with Crippen LogP contribution in [0.4, 0.5) is 13.2 Å². The van der Waals surface area contributed by atoms with Gasteiger partial charge in [-0.1, -0.05) is 0 Å². The average Bonchev–Trinajstić information content (AvgIpc) is 2.32. The van der Waals surface area contributed by atoms with E-state index in [0.717, 1.165) is 6.07 Å². The molecule has 1 N–H and O–H groups in total. The zero-order chi connectivity index (χ0) is 10.1. The standard InChI is InChI=1S/C6H7F3N2OS/c1-3(13)12-5-2-4(10-11-5)6(7,8)9/h2-3,13H,1H3,(H,10,11). The fourth-order valence-corrected chi connectivity index (χ4v) is 0.807. The van der Waals surface area contributed by atoms with Crippen molar-refractivity contribution < 1.29 is 17.9 Å². The molecule has 1 rings (SSSR count).